The zero-order valence-electron chi connectivity index (χ0n) is 16.3. The van der Waals surface area contributed by atoms with Crippen molar-refractivity contribution in [3.8, 4) is 0 Å². The molecule has 0 aliphatic carbocycles. The molecule has 0 saturated carbocycles. The summed E-state index contributed by atoms with van der Waals surface area (Å²) in [6.07, 6.45) is 3.01. The Bertz CT molecular complexity index is 1150. The summed E-state index contributed by atoms with van der Waals surface area (Å²) in [7, 11) is 0. The van der Waals surface area contributed by atoms with Crippen LogP contribution in [-0.4, -0.2) is 33.5 Å². The molecular weight excluding hydrogens is 410 g/mol. The van der Waals surface area contributed by atoms with E-state index in [9.17, 15) is 23.2 Å². The number of pyridine rings is 1. The fourth-order valence-electron chi connectivity index (χ4n) is 3.24. The number of allylic oxidation sites excluding steroid dienone is 1. The lowest BCUT2D eigenvalue weighted by molar-refractivity contribution is -0.160. The van der Waals surface area contributed by atoms with Crippen LogP contribution < -0.4 is 5.32 Å². The van der Waals surface area contributed by atoms with E-state index in [0.29, 0.717) is 0 Å². The van der Waals surface area contributed by atoms with Crippen molar-refractivity contribution in [3.05, 3.63) is 76.9 Å². The number of Topliss-reactive ketones (excluding diaryl/α,β-unsaturated/α-hetero) is 1. The van der Waals surface area contributed by atoms with E-state index in [2.05, 4.69) is 15.3 Å². The van der Waals surface area contributed by atoms with E-state index >= 15 is 0 Å². The van der Waals surface area contributed by atoms with Gasteiger partial charge >= 0.3 is 11.8 Å². The molecule has 1 aromatic heterocycles. The molecule has 0 radical (unpaired) electrons. The minimum atomic E-state index is -1.21. The van der Waals surface area contributed by atoms with Crippen molar-refractivity contribution in [3.63, 3.8) is 0 Å². The average molecular weight is 426 g/mol. The number of hydrogen-bond acceptors (Lipinski definition) is 6. The molecule has 1 N–H and O–H groups in total. The Morgan fingerprint density at radius 1 is 1.13 bits per heavy atom. The van der Waals surface area contributed by atoms with Gasteiger partial charge in [-0.1, -0.05) is 6.07 Å². The van der Waals surface area contributed by atoms with Gasteiger partial charge in [0.15, 0.2) is 23.2 Å². The highest BCUT2D eigenvalue weighted by molar-refractivity contribution is 6.36. The van der Waals surface area contributed by atoms with E-state index in [1.165, 1.54) is 13.0 Å². The second-order valence-corrected chi connectivity index (χ2v) is 7.00. The molecule has 10 heteroatoms. The number of amides is 2. The first-order chi connectivity index (χ1) is 14.8. The minimum absolute atomic E-state index is 0.0643. The molecule has 1 atom stereocenters. The van der Waals surface area contributed by atoms with Crippen LogP contribution in [0.1, 0.15) is 18.1 Å². The van der Waals surface area contributed by atoms with Gasteiger partial charge in [-0.3, -0.25) is 19.4 Å². The third-order valence-electron chi connectivity index (χ3n) is 4.92. The highest BCUT2D eigenvalue weighted by Gasteiger charge is 2.45. The lowest BCUT2D eigenvalue weighted by Gasteiger charge is -2.27. The van der Waals surface area contributed by atoms with E-state index < -0.39 is 35.1 Å². The average Bonchev–Trinajstić information content (AvgIpc) is 3.23. The highest BCUT2D eigenvalue weighted by atomic mass is 19.2. The summed E-state index contributed by atoms with van der Waals surface area (Å²) < 4.78 is 26.7. The first kappa shape index (κ1) is 20.3. The molecule has 0 bridgehead atoms. The van der Waals surface area contributed by atoms with Gasteiger partial charge < -0.3 is 10.2 Å². The van der Waals surface area contributed by atoms with Crippen molar-refractivity contribution < 1.29 is 28.0 Å². The number of nitrogens with one attached hydrogen (secondary N) is 1. The lowest BCUT2D eigenvalue weighted by atomic mass is 9.88. The second kappa shape index (κ2) is 8.05. The van der Waals surface area contributed by atoms with Crippen molar-refractivity contribution in [1.29, 1.82) is 0 Å². The molecule has 31 heavy (non-hydrogen) atoms. The zero-order valence-corrected chi connectivity index (χ0v) is 16.3. The summed E-state index contributed by atoms with van der Waals surface area (Å²) in [6.45, 7) is 1.65. The van der Waals surface area contributed by atoms with Gasteiger partial charge in [0, 0.05) is 24.5 Å². The Morgan fingerprint density at radius 2 is 1.87 bits per heavy atom. The molecule has 0 spiro atoms. The first-order valence-electron chi connectivity index (χ1n) is 9.32. The van der Waals surface area contributed by atoms with Gasteiger partial charge in [0.1, 0.15) is 5.92 Å². The van der Waals surface area contributed by atoms with Gasteiger partial charge in [0.25, 0.3) is 5.91 Å². The van der Waals surface area contributed by atoms with Gasteiger partial charge in [-0.2, -0.15) is 4.99 Å². The molecule has 2 aromatic rings. The van der Waals surface area contributed by atoms with Crippen molar-refractivity contribution in [1.82, 2.24) is 15.4 Å². The van der Waals surface area contributed by atoms with Gasteiger partial charge in [-0.15, -0.1) is 5.06 Å². The van der Waals surface area contributed by atoms with Crippen LogP contribution in [0.4, 0.5) is 8.78 Å². The van der Waals surface area contributed by atoms with Gasteiger partial charge in [0.2, 0.25) is 0 Å². The lowest BCUT2D eigenvalue weighted by Crippen LogP contribution is -2.44. The van der Waals surface area contributed by atoms with E-state index in [-0.39, 0.29) is 35.8 Å². The molecule has 4 rings (SSSR count). The molecule has 1 unspecified atom stereocenters. The molecule has 1 aromatic carbocycles. The largest absolute Gasteiger partial charge is 0.344 e. The standard InChI is InChI=1S/C21H16F2N4O4/c1-11-17(28)14(8-13-2-3-15(22)16(23)9-13)21(30)27-18(11)26-20(31-27)19(29)25-10-12-4-6-24-7-5-12/h2-7,9,14H,8,10H2,1H3,(H,25,29). The van der Waals surface area contributed by atoms with Crippen LogP contribution in [-0.2, 0) is 32.2 Å². The zero-order chi connectivity index (χ0) is 22.1. The molecule has 3 heterocycles. The number of carbonyl (C=O) groups excluding carboxylic acids is 3. The van der Waals surface area contributed by atoms with E-state index in [4.69, 9.17) is 4.84 Å². The first-order valence-corrected chi connectivity index (χ1v) is 9.32. The SMILES string of the molecule is CC1=C2N=C(C(=O)NCc3ccncc3)ON2C(=O)C(Cc2ccc(F)c(F)c2)C1=O. The molecule has 0 saturated heterocycles. The van der Waals surface area contributed by atoms with Crippen molar-refractivity contribution in [2.24, 2.45) is 10.9 Å². The maximum Gasteiger partial charge on any atom is 0.314 e. The molecule has 158 valence electrons. The number of carbonyl (C=O) groups is 3. The normalized spacial score (nSPS) is 18.0. The highest BCUT2D eigenvalue weighted by Crippen LogP contribution is 2.31. The summed E-state index contributed by atoms with van der Waals surface area (Å²) in [5, 5.41) is 3.40. The Hall–Kier alpha value is -3.95. The van der Waals surface area contributed by atoms with E-state index in [1.807, 2.05) is 0 Å². The number of nitrogens with zero attached hydrogens (tertiary/aromatic N) is 3. The van der Waals surface area contributed by atoms with Crippen LogP contribution in [0.3, 0.4) is 0 Å². The number of fused-ring (bicyclic) bond motifs is 1. The molecule has 2 aliphatic rings. The summed E-state index contributed by atoms with van der Waals surface area (Å²) in [5.41, 5.74) is 1.20. The Kier molecular flexibility index (Phi) is 5.28. The van der Waals surface area contributed by atoms with Crippen LogP contribution in [0.5, 0.6) is 0 Å². The number of benzene rings is 1. The molecule has 2 amide bonds. The number of aromatic nitrogens is 1. The predicted octanol–water partition coefficient (Wildman–Crippen LogP) is 1.82. The number of rotatable bonds is 5. The Morgan fingerprint density at radius 3 is 2.58 bits per heavy atom. The van der Waals surface area contributed by atoms with Crippen LogP contribution >= 0.6 is 0 Å². The summed E-state index contributed by atoms with van der Waals surface area (Å²) in [4.78, 5) is 51.1. The number of halogens is 2. The quantitative estimate of drug-likeness (QED) is 0.735. The van der Waals surface area contributed by atoms with Crippen LogP contribution in [0.15, 0.2) is 59.1 Å². The maximum absolute atomic E-state index is 13.5. The maximum atomic E-state index is 13.5. The van der Waals surface area contributed by atoms with Gasteiger partial charge in [0.05, 0.1) is 0 Å². The summed E-state index contributed by atoms with van der Waals surface area (Å²) >= 11 is 0. The third kappa shape index (κ3) is 3.91. The predicted molar refractivity (Wildman–Crippen MR) is 103 cm³/mol. The molecular formula is C21H16F2N4O4. The molecule has 2 aliphatic heterocycles. The summed E-state index contributed by atoms with van der Waals surface area (Å²) in [6, 6.07) is 6.60. The number of hydrogen-bond donors (Lipinski definition) is 1. The summed E-state index contributed by atoms with van der Waals surface area (Å²) in [5.74, 6) is -5.67. The van der Waals surface area contributed by atoms with E-state index in [1.54, 1.807) is 24.5 Å². The van der Waals surface area contributed by atoms with Crippen molar-refractivity contribution >= 4 is 23.5 Å². The van der Waals surface area contributed by atoms with Gasteiger partial charge in [-0.25, -0.2) is 8.78 Å². The van der Waals surface area contributed by atoms with E-state index in [0.717, 1.165) is 22.8 Å². The van der Waals surface area contributed by atoms with Crippen molar-refractivity contribution in [2.75, 3.05) is 0 Å². The number of aliphatic imine (C=N–C) groups is 1. The fraction of sp³-hybridized carbons (Fsp3) is 0.190. The van der Waals surface area contributed by atoms with Crippen LogP contribution in [0.2, 0.25) is 0 Å². The van der Waals surface area contributed by atoms with Crippen LogP contribution in [0.25, 0.3) is 0 Å². The number of hydroxylamine groups is 2. The fourth-order valence-corrected chi connectivity index (χ4v) is 3.24. The minimum Gasteiger partial charge on any atom is -0.344 e. The third-order valence-corrected chi connectivity index (χ3v) is 4.92. The number of ketones is 1. The Labute approximate surface area is 175 Å². The smallest absolute Gasteiger partial charge is 0.314 e. The van der Waals surface area contributed by atoms with Crippen molar-refractivity contribution in [2.45, 2.75) is 19.9 Å². The van der Waals surface area contributed by atoms with Crippen LogP contribution in [0, 0.1) is 17.6 Å². The second-order valence-electron chi connectivity index (χ2n) is 7.00. The molecule has 0 fully saturated rings. The molecule has 8 nitrogen and oxygen atoms in total. The Balaban J connectivity index is 1.49. The topological polar surface area (TPSA) is 101 Å². The van der Waals surface area contributed by atoms with Gasteiger partial charge in [-0.05, 0) is 48.7 Å². The monoisotopic (exact) mass is 426 g/mol.